The highest BCUT2D eigenvalue weighted by Crippen LogP contribution is 2.45. The van der Waals surface area contributed by atoms with Crippen LogP contribution in [0, 0.1) is 5.82 Å². The standard InChI is InChI=1S/C36H26FN3O6S2/c1-44-27-9-5-8-24-18-28(46-33(24)27)31(41)29-30(23-12-16-26(17-13-23)45-19-21-6-3-2-4-7-21)40(34(43)32(29)42)35-38-39-36(48-35)47-20-22-10-14-25(37)15-11-22/h2-18,30,42H,19-20H2,1H3. The Morgan fingerprint density at radius 3 is 2.50 bits per heavy atom. The molecule has 12 heteroatoms. The number of aliphatic hydroxyl groups excluding tert-OH is 1. The van der Waals surface area contributed by atoms with Crippen LogP contribution in [-0.4, -0.2) is 34.1 Å². The van der Waals surface area contributed by atoms with E-state index in [9.17, 15) is 19.1 Å². The van der Waals surface area contributed by atoms with E-state index in [0.717, 1.165) is 22.5 Å². The highest BCUT2D eigenvalue weighted by molar-refractivity contribution is 8.00. The molecule has 0 fully saturated rings. The van der Waals surface area contributed by atoms with Crippen molar-refractivity contribution in [3.63, 3.8) is 0 Å². The first-order valence-electron chi connectivity index (χ1n) is 14.7. The lowest BCUT2D eigenvalue weighted by Crippen LogP contribution is -2.31. The Labute approximate surface area is 282 Å². The zero-order chi connectivity index (χ0) is 33.2. The van der Waals surface area contributed by atoms with Crippen molar-refractivity contribution in [1.82, 2.24) is 10.2 Å². The number of benzene rings is 4. The number of halogens is 1. The van der Waals surface area contributed by atoms with Crippen molar-refractivity contribution in [3.8, 4) is 11.5 Å². The molecule has 3 heterocycles. The second kappa shape index (κ2) is 13.3. The van der Waals surface area contributed by atoms with Gasteiger partial charge in [0.25, 0.3) is 5.91 Å². The number of fused-ring (bicyclic) bond motifs is 1. The third kappa shape index (κ3) is 6.15. The normalized spacial score (nSPS) is 14.6. The second-order valence-corrected chi connectivity index (χ2v) is 12.9. The van der Waals surface area contributed by atoms with Gasteiger partial charge in [-0.2, -0.15) is 0 Å². The van der Waals surface area contributed by atoms with Gasteiger partial charge in [0, 0.05) is 11.1 Å². The summed E-state index contributed by atoms with van der Waals surface area (Å²) in [6.45, 7) is 0.358. The van der Waals surface area contributed by atoms with E-state index in [4.69, 9.17) is 13.9 Å². The Bertz CT molecular complexity index is 2150. The fourth-order valence-electron chi connectivity index (χ4n) is 5.36. The zero-order valence-corrected chi connectivity index (χ0v) is 27.0. The van der Waals surface area contributed by atoms with Crippen molar-refractivity contribution in [2.45, 2.75) is 22.7 Å². The van der Waals surface area contributed by atoms with E-state index in [1.54, 1.807) is 60.7 Å². The number of thioether (sulfide) groups is 1. The summed E-state index contributed by atoms with van der Waals surface area (Å²) in [5, 5.41) is 20.6. The van der Waals surface area contributed by atoms with Gasteiger partial charge in [0.1, 0.15) is 18.2 Å². The van der Waals surface area contributed by atoms with Gasteiger partial charge in [-0.3, -0.25) is 14.5 Å². The average Bonchev–Trinajstić information content (AvgIpc) is 3.84. The van der Waals surface area contributed by atoms with Gasteiger partial charge in [0.05, 0.1) is 18.7 Å². The summed E-state index contributed by atoms with van der Waals surface area (Å²) in [7, 11) is 1.50. The lowest BCUT2D eigenvalue weighted by Gasteiger charge is -2.24. The molecule has 6 aromatic rings. The van der Waals surface area contributed by atoms with Gasteiger partial charge < -0.3 is 19.0 Å². The first-order chi connectivity index (χ1) is 23.4. The molecule has 1 unspecified atom stereocenters. The quantitative estimate of drug-likeness (QED) is 0.0824. The number of hydrogen-bond acceptors (Lipinski definition) is 10. The molecule has 0 bridgehead atoms. The average molecular weight is 680 g/mol. The Morgan fingerprint density at radius 2 is 1.75 bits per heavy atom. The molecule has 0 saturated heterocycles. The molecule has 48 heavy (non-hydrogen) atoms. The van der Waals surface area contributed by atoms with E-state index in [0.29, 0.717) is 44.7 Å². The van der Waals surface area contributed by atoms with Crippen LogP contribution in [0.25, 0.3) is 11.0 Å². The van der Waals surface area contributed by atoms with Crippen LogP contribution in [0.15, 0.2) is 123 Å². The predicted molar refractivity (Wildman–Crippen MR) is 180 cm³/mol. The van der Waals surface area contributed by atoms with E-state index >= 15 is 0 Å². The Morgan fingerprint density at radius 1 is 0.979 bits per heavy atom. The highest BCUT2D eigenvalue weighted by atomic mass is 32.2. The molecule has 1 atom stereocenters. The number of ether oxygens (including phenoxy) is 2. The maximum atomic E-state index is 14.1. The largest absolute Gasteiger partial charge is 0.503 e. The number of aliphatic hydroxyl groups is 1. The van der Waals surface area contributed by atoms with E-state index in [1.807, 2.05) is 30.3 Å². The highest BCUT2D eigenvalue weighted by Gasteiger charge is 2.47. The van der Waals surface area contributed by atoms with Crippen molar-refractivity contribution in [3.05, 3.63) is 143 Å². The van der Waals surface area contributed by atoms with Crippen molar-refractivity contribution < 1.29 is 33.0 Å². The van der Waals surface area contributed by atoms with Crippen molar-refractivity contribution >= 4 is 50.9 Å². The Balaban J connectivity index is 1.22. The van der Waals surface area contributed by atoms with Crippen LogP contribution >= 0.6 is 23.1 Å². The molecule has 4 aromatic carbocycles. The molecule has 1 aliphatic heterocycles. The fraction of sp³-hybridized carbons (Fsp3) is 0.111. The van der Waals surface area contributed by atoms with Crippen LogP contribution in [0.1, 0.15) is 33.3 Å². The summed E-state index contributed by atoms with van der Waals surface area (Å²) in [6, 6.07) is 28.6. The van der Waals surface area contributed by atoms with E-state index in [2.05, 4.69) is 10.2 Å². The molecular formula is C36H26FN3O6S2. The molecule has 9 nitrogen and oxygen atoms in total. The van der Waals surface area contributed by atoms with Crippen LogP contribution in [0.3, 0.4) is 0 Å². The molecule has 1 aliphatic rings. The van der Waals surface area contributed by atoms with Gasteiger partial charge >= 0.3 is 0 Å². The van der Waals surface area contributed by atoms with Gasteiger partial charge in [0.15, 0.2) is 27.2 Å². The van der Waals surface area contributed by atoms with Crippen LogP contribution in [0.5, 0.6) is 11.5 Å². The van der Waals surface area contributed by atoms with Crippen LogP contribution in [-0.2, 0) is 17.2 Å². The minimum Gasteiger partial charge on any atom is -0.503 e. The van der Waals surface area contributed by atoms with Crippen LogP contribution in [0.4, 0.5) is 9.52 Å². The second-order valence-electron chi connectivity index (χ2n) is 10.8. The number of carbonyl (C=O) groups excluding carboxylic acids is 2. The number of furan rings is 1. The first kappa shape index (κ1) is 31.2. The number of aromatic nitrogens is 2. The molecular weight excluding hydrogens is 654 g/mol. The van der Waals surface area contributed by atoms with E-state index in [1.165, 1.54) is 35.9 Å². The number of anilines is 1. The monoisotopic (exact) mass is 679 g/mol. The molecule has 2 aromatic heterocycles. The van der Waals surface area contributed by atoms with Crippen LogP contribution in [0.2, 0.25) is 0 Å². The number of methoxy groups -OCH3 is 1. The van der Waals surface area contributed by atoms with Crippen molar-refractivity contribution in [2.24, 2.45) is 0 Å². The summed E-state index contributed by atoms with van der Waals surface area (Å²) in [5.41, 5.74) is 2.63. The summed E-state index contributed by atoms with van der Waals surface area (Å²) in [6.07, 6.45) is 0. The Hall–Kier alpha value is -5.46. The van der Waals surface area contributed by atoms with Gasteiger partial charge in [-0.1, -0.05) is 89.8 Å². The lowest BCUT2D eigenvalue weighted by atomic mass is 9.95. The van der Waals surface area contributed by atoms with E-state index in [-0.39, 0.29) is 22.3 Å². The molecule has 0 saturated carbocycles. The molecule has 1 amide bonds. The number of ketones is 1. The van der Waals surface area contributed by atoms with Crippen molar-refractivity contribution in [1.29, 1.82) is 0 Å². The smallest absolute Gasteiger partial charge is 0.296 e. The molecule has 0 radical (unpaired) electrons. The third-order valence-electron chi connectivity index (χ3n) is 7.73. The van der Waals surface area contributed by atoms with Gasteiger partial charge in [-0.15, -0.1) is 10.2 Å². The number of nitrogens with zero attached hydrogens (tertiary/aromatic N) is 3. The summed E-state index contributed by atoms with van der Waals surface area (Å²) >= 11 is 2.51. The molecule has 7 rings (SSSR count). The number of Topliss-reactive ketones (excluding diaryl/α,β-unsaturated/α-hetero) is 1. The minimum atomic E-state index is -1.05. The number of para-hydroxylation sites is 1. The van der Waals surface area contributed by atoms with Crippen molar-refractivity contribution in [2.75, 3.05) is 12.0 Å². The first-order valence-corrected chi connectivity index (χ1v) is 16.5. The number of carbonyl (C=O) groups is 2. The molecule has 240 valence electrons. The topological polar surface area (TPSA) is 115 Å². The maximum absolute atomic E-state index is 14.1. The van der Waals surface area contributed by atoms with E-state index < -0.39 is 23.5 Å². The number of hydrogen-bond donors (Lipinski definition) is 1. The van der Waals surface area contributed by atoms with Gasteiger partial charge in [-0.05, 0) is 53.1 Å². The minimum absolute atomic E-state index is 0.0636. The molecule has 0 aliphatic carbocycles. The lowest BCUT2D eigenvalue weighted by molar-refractivity contribution is -0.117. The fourth-order valence-corrected chi connectivity index (χ4v) is 7.19. The zero-order valence-electron chi connectivity index (χ0n) is 25.3. The maximum Gasteiger partial charge on any atom is 0.296 e. The third-order valence-corrected chi connectivity index (χ3v) is 9.85. The number of amides is 1. The molecule has 1 N–H and O–H groups in total. The SMILES string of the molecule is COc1cccc2cc(C(=O)C3=C(O)C(=O)N(c4nnc(SCc5ccc(F)cc5)s4)C3c3ccc(OCc4ccccc4)cc3)oc12. The number of rotatable bonds is 11. The summed E-state index contributed by atoms with van der Waals surface area (Å²) in [5.74, 6) is -1.03. The Kier molecular flexibility index (Phi) is 8.66. The van der Waals surface area contributed by atoms with Crippen LogP contribution < -0.4 is 14.4 Å². The predicted octanol–water partition coefficient (Wildman–Crippen LogP) is 8.09. The van der Waals surface area contributed by atoms with Gasteiger partial charge in [-0.25, -0.2) is 4.39 Å². The molecule has 0 spiro atoms. The van der Waals surface area contributed by atoms with Gasteiger partial charge in [0.2, 0.25) is 10.9 Å². The summed E-state index contributed by atoms with van der Waals surface area (Å²) < 4.78 is 31.2. The summed E-state index contributed by atoms with van der Waals surface area (Å²) in [4.78, 5) is 29.1.